The molecule has 0 bridgehead atoms. The van der Waals surface area contributed by atoms with Crippen molar-refractivity contribution < 1.29 is 18.7 Å². The zero-order chi connectivity index (χ0) is 19.5. The van der Waals surface area contributed by atoms with Crippen LogP contribution in [0.2, 0.25) is 0 Å². The Hall–Kier alpha value is -2.44. The van der Waals surface area contributed by atoms with Crippen LogP contribution in [0.15, 0.2) is 48.5 Å². The fraction of sp³-hybridized carbons (Fsp3) is 0.381. The second-order valence-electron chi connectivity index (χ2n) is 6.39. The topological polar surface area (TPSA) is 59.6 Å². The van der Waals surface area contributed by atoms with Gasteiger partial charge >= 0.3 is 6.03 Å². The van der Waals surface area contributed by atoms with Gasteiger partial charge < -0.3 is 20.1 Å². The summed E-state index contributed by atoms with van der Waals surface area (Å²) < 4.78 is 24.5. The van der Waals surface area contributed by atoms with Crippen molar-refractivity contribution in [3.8, 4) is 0 Å². The molecule has 2 rings (SSSR count). The van der Waals surface area contributed by atoms with Crippen LogP contribution in [0.3, 0.4) is 0 Å². The highest BCUT2D eigenvalue weighted by Gasteiger charge is 2.04. The van der Waals surface area contributed by atoms with Gasteiger partial charge in [-0.25, -0.2) is 9.18 Å². The van der Waals surface area contributed by atoms with Crippen LogP contribution in [-0.2, 0) is 22.5 Å². The summed E-state index contributed by atoms with van der Waals surface area (Å²) in [7, 11) is 0. The summed E-state index contributed by atoms with van der Waals surface area (Å²) in [5.41, 5.74) is 2.22. The number of benzene rings is 2. The normalized spacial score (nSPS) is 10.8. The van der Waals surface area contributed by atoms with Crippen molar-refractivity contribution in [2.24, 2.45) is 0 Å². The van der Waals surface area contributed by atoms with E-state index in [0.29, 0.717) is 44.0 Å². The van der Waals surface area contributed by atoms with E-state index in [0.717, 1.165) is 5.56 Å². The molecule has 2 amide bonds. The van der Waals surface area contributed by atoms with Crippen LogP contribution in [0.4, 0.5) is 14.9 Å². The third kappa shape index (κ3) is 8.19. The molecule has 27 heavy (non-hydrogen) atoms. The fourth-order valence-corrected chi connectivity index (χ4v) is 2.46. The monoisotopic (exact) mass is 374 g/mol. The summed E-state index contributed by atoms with van der Waals surface area (Å²) in [5.74, 6) is -0.258. The highest BCUT2D eigenvalue weighted by Crippen LogP contribution is 2.12. The third-order valence-electron chi connectivity index (χ3n) is 3.77. The molecule has 146 valence electrons. The summed E-state index contributed by atoms with van der Waals surface area (Å²) in [4.78, 5) is 12.0. The first kappa shape index (κ1) is 20.9. The summed E-state index contributed by atoms with van der Waals surface area (Å²) >= 11 is 0. The Balaban J connectivity index is 1.71. The Morgan fingerprint density at radius 3 is 2.70 bits per heavy atom. The van der Waals surface area contributed by atoms with Gasteiger partial charge in [0.05, 0.1) is 25.9 Å². The Labute approximate surface area is 159 Å². The lowest BCUT2D eigenvalue weighted by Crippen LogP contribution is -2.30. The largest absolute Gasteiger partial charge is 0.376 e. The number of rotatable bonds is 10. The molecule has 0 heterocycles. The number of hydrogen-bond donors (Lipinski definition) is 2. The van der Waals surface area contributed by atoms with Gasteiger partial charge in [0.15, 0.2) is 0 Å². The van der Waals surface area contributed by atoms with E-state index in [9.17, 15) is 9.18 Å². The zero-order valence-electron chi connectivity index (χ0n) is 15.8. The minimum atomic E-state index is -0.324. The number of urea groups is 1. The molecule has 0 saturated heterocycles. The Bertz CT molecular complexity index is 722. The predicted octanol–water partition coefficient (Wildman–Crippen LogP) is 4.13. The molecule has 0 aromatic heterocycles. The molecule has 0 aliphatic carbocycles. The van der Waals surface area contributed by atoms with Gasteiger partial charge in [-0.3, -0.25) is 0 Å². The number of amides is 2. The standard InChI is InChI=1S/C21H27FN2O3/c1-16(2)27-13-12-26-15-17-6-5-8-19(14-17)24-21(25)23-11-10-18-7-3-4-9-20(18)22/h3-9,14,16H,10-13,15H2,1-2H3,(H2,23,24,25). The number of halogens is 1. The van der Waals surface area contributed by atoms with Crippen LogP contribution in [0, 0.1) is 5.82 Å². The zero-order valence-corrected chi connectivity index (χ0v) is 15.8. The molecule has 0 radical (unpaired) electrons. The first-order chi connectivity index (χ1) is 13.0. The van der Waals surface area contributed by atoms with Gasteiger partial charge in [0.2, 0.25) is 0 Å². The highest BCUT2D eigenvalue weighted by atomic mass is 19.1. The van der Waals surface area contributed by atoms with E-state index in [1.807, 2.05) is 38.1 Å². The van der Waals surface area contributed by atoms with E-state index in [1.165, 1.54) is 6.07 Å². The maximum atomic E-state index is 13.5. The molecule has 0 aliphatic rings. The Kier molecular flexibility index (Phi) is 8.74. The van der Waals surface area contributed by atoms with E-state index in [2.05, 4.69) is 10.6 Å². The molecule has 0 unspecified atom stereocenters. The predicted molar refractivity (Wildman–Crippen MR) is 104 cm³/mol. The van der Waals surface area contributed by atoms with Crippen molar-refractivity contribution in [3.63, 3.8) is 0 Å². The van der Waals surface area contributed by atoms with E-state index in [1.54, 1.807) is 18.2 Å². The maximum Gasteiger partial charge on any atom is 0.319 e. The van der Waals surface area contributed by atoms with Crippen LogP contribution >= 0.6 is 0 Å². The first-order valence-electron chi connectivity index (χ1n) is 9.11. The molecular formula is C21H27FN2O3. The van der Waals surface area contributed by atoms with Crippen molar-refractivity contribution >= 4 is 11.7 Å². The molecule has 0 fully saturated rings. The van der Waals surface area contributed by atoms with Crippen LogP contribution in [0.5, 0.6) is 0 Å². The van der Waals surface area contributed by atoms with Crippen LogP contribution < -0.4 is 10.6 Å². The lowest BCUT2D eigenvalue weighted by atomic mass is 10.1. The van der Waals surface area contributed by atoms with E-state index in [-0.39, 0.29) is 18.0 Å². The number of ether oxygens (including phenoxy) is 2. The molecule has 0 spiro atoms. The number of hydrogen-bond acceptors (Lipinski definition) is 3. The van der Waals surface area contributed by atoms with E-state index in [4.69, 9.17) is 9.47 Å². The van der Waals surface area contributed by atoms with Crippen molar-refractivity contribution in [1.82, 2.24) is 5.32 Å². The minimum absolute atomic E-state index is 0.193. The lowest BCUT2D eigenvalue weighted by molar-refractivity contribution is 0.0143. The molecule has 0 aliphatic heterocycles. The van der Waals surface area contributed by atoms with Crippen molar-refractivity contribution in [2.45, 2.75) is 33.0 Å². The van der Waals surface area contributed by atoms with Crippen LogP contribution in [-0.4, -0.2) is 31.9 Å². The average Bonchev–Trinajstić information content (AvgIpc) is 2.63. The molecular weight excluding hydrogens is 347 g/mol. The van der Waals surface area contributed by atoms with Gasteiger partial charge in [0.25, 0.3) is 0 Å². The number of nitrogens with one attached hydrogen (secondary N) is 2. The molecule has 2 aromatic rings. The number of anilines is 1. The molecule has 5 nitrogen and oxygen atoms in total. The average molecular weight is 374 g/mol. The van der Waals surface area contributed by atoms with Gasteiger partial charge in [-0.15, -0.1) is 0 Å². The molecule has 0 atom stereocenters. The second kappa shape index (κ2) is 11.3. The highest BCUT2D eigenvalue weighted by molar-refractivity contribution is 5.89. The van der Waals surface area contributed by atoms with Crippen LogP contribution in [0.1, 0.15) is 25.0 Å². The van der Waals surface area contributed by atoms with Gasteiger partial charge in [0.1, 0.15) is 5.82 Å². The smallest absolute Gasteiger partial charge is 0.319 e. The number of carbonyl (C=O) groups excluding carboxylic acids is 1. The number of carbonyl (C=O) groups is 1. The SMILES string of the molecule is CC(C)OCCOCc1cccc(NC(=O)NCCc2ccccc2F)c1. The first-order valence-corrected chi connectivity index (χ1v) is 9.11. The quantitative estimate of drug-likeness (QED) is 0.615. The fourth-order valence-electron chi connectivity index (χ4n) is 2.46. The third-order valence-corrected chi connectivity index (χ3v) is 3.77. The Morgan fingerprint density at radius 2 is 1.93 bits per heavy atom. The summed E-state index contributed by atoms with van der Waals surface area (Å²) in [6, 6.07) is 13.7. The minimum Gasteiger partial charge on any atom is -0.376 e. The van der Waals surface area contributed by atoms with Gasteiger partial charge in [-0.2, -0.15) is 0 Å². The van der Waals surface area contributed by atoms with Crippen molar-refractivity contribution in [1.29, 1.82) is 0 Å². The van der Waals surface area contributed by atoms with Gasteiger partial charge in [-0.1, -0.05) is 30.3 Å². The molecule has 2 aromatic carbocycles. The maximum absolute atomic E-state index is 13.5. The summed E-state index contributed by atoms with van der Waals surface area (Å²) in [6.07, 6.45) is 0.630. The van der Waals surface area contributed by atoms with Crippen molar-refractivity contribution in [3.05, 3.63) is 65.5 Å². The van der Waals surface area contributed by atoms with Gasteiger partial charge in [0, 0.05) is 12.2 Å². The molecule has 2 N–H and O–H groups in total. The van der Waals surface area contributed by atoms with Crippen LogP contribution in [0.25, 0.3) is 0 Å². The summed E-state index contributed by atoms with van der Waals surface area (Å²) in [5, 5.41) is 5.51. The van der Waals surface area contributed by atoms with Gasteiger partial charge in [-0.05, 0) is 49.6 Å². The Morgan fingerprint density at radius 1 is 1.11 bits per heavy atom. The van der Waals surface area contributed by atoms with Crippen molar-refractivity contribution in [2.75, 3.05) is 25.1 Å². The van der Waals surface area contributed by atoms with E-state index >= 15 is 0 Å². The molecule has 6 heteroatoms. The summed E-state index contributed by atoms with van der Waals surface area (Å²) in [6.45, 7) is 5.84. The second-order valence-corrected chi connectivity index (χ2v) is 6.39. The van der Waals surface area contributed by atoms with E-state index < -0.39 is 0 Å². The molecule has 0 saturated carbocycles. The lowest BCUT2D eigenvalue weighted by Gasteiger charge is -2.10.